The number of aromatic nitrogens is 2. The van der Waals surface area contributed by atoms with Gasteiger partial charge in [0.25, 0.3) is 0 Å². The van der Waals surface area contributed by atoms with Crippen LogP contribution in [0.5, 0.6) is 0 Å². The van der Waals surface area contributed by atoms with Gasteiger partial charge in [-0.15, -0.1) is 0 Å². The predicted molar refractivity (Wildman–Crippen MR) is 86.5 cm³/mol. The second-order valence-electron chi connectivity index (χ2n) is 6.03. The maximum atomic E-state index is 12.1. The Labute approximate surface area is 135 Å². The maximum absolute atomic E-state index is 12.1. The topological polar surface area (TPSA) is 70.4 Å². The van der Waals surface area contributed by atoms with E-state index >= 15 is 0 Å². The van der Waals surface area contributed by atoms with Crippen LogP contribution in [-0.4, -0.2) is 51.2 Å². The van der Waals surface area contributed by atoms with Crippen LogP contribution < -0.4 is 5.32 Å². The van der Waals surface area contributed by atoms with E-state index in [0.29, 0.717) is 0 Å². The van der Waals surface area contributed by atoms with Crippen molar-refractivity contribution in [3.05, 3.63) is 54.6 Å². The van der Waals surface area contributed by atoms with Gasteiger partial charge >= 0.3 is 0 Å². The van der Waals surface area contributed by atoms with Crippen LogP contribution in [0.2, 0.25) is 0 Å². The van der Waals surface area contributed by atoms with Gasteiger partial charge in [-0.25, -0.2) is 4.98 Å². The molecule has 1 saturated heterocycles. The van der Waals surface area contributed by atoms with Crippen LogP contribution in [0.4, 0.5) is 0 Å². The van der Waals surface area contributed by atoms with Crippen molar-refractivity contribution in [3.8, 4) is 0 Å². The molecule has 122 valence electrons. The smallest absolute Gasteiger partial charge is 0.240 e. The molecular weight excluding hydrogens is 292 g/mol. The molecule has 1 aromatic carbocycles. The summed E-state index contributed by atoms with van der Waals surface area (Å²) in [6.07, 6.45) is 5.04. The molecule has 2 atom stereocenters. The lowest BCUT2D eigenvalue weighted by atomic mass is 10.1. The Hall–Kier alpha value is -2.18. The number of rotatable bonds is 6. The number of carbonyl (C=O) groups is 1. The summed E-state index contributed by atoms with van der Waals surface area (Å²) in [5.41, 5.74) is 1.24. The summed E-state index contributed by atoms with van der Waals surface area (Å²) in [5, 5.41) is 12.6. The molecule has 1 aromatic heterocycles. The monoisotopic (exact) mass is 314 g/mol. The van der Waals surface area contributed by atoms with Crippen LogP contribution in [0.3, 0.4) is 0 Å². The summed E-state index contributed by atoms with van der Waals surface area (Å²) in [6, 6.07) is 10.2. The van der Waals surface area contributed by atoms with Gasteiger partial charge in [-0.3, -0.25) is 9.69 Å². The molecule has 0 aliphatic carbocycles. The lowest BCUT2D eigenvalue weighted by molar-refractivity contribution is -0.122. The average Bonchev–Trinajstić information content (AvgIpc) is 3.18. The molecule has 1 aliphatic heterocycles. The van der Waals surface area contributed by atoms with Crippen molar-refractivity contribution >= 4 is 5.91 Å². The third-order valence-corrected chi connectivity index (χ3v) is 4.23. The standard InChI is InChI=1S/C17H22N4O2/c22-12-15-9-21(8-14-4-2-1-3-5-14)10-16(15)19-17(23)11-20-7-6-18-13-20/h1-7,13,15-16,22H,8-12H2,(H,19,23)/t15-,16+/m0/s1. The molecule has 2 N–H and O–H groups in total. The van der Waals surface area contributed by atoms with E-state index in [2.05, 4.69) is 27.3 Å². The molecule has 2 aromatic rings. The number of hydrogen-bond acceptors (Lipinski definition) is 4. The number of benzene rings is 1. The number of hydrogen-bond donors (Lipinski definition) is 2. The van der Waals surface area contributed by atoms with E-state index in [4.69, 9.17) is 0 Å². The first kappa shape index (κ1) is 15.7. The zero-order valence-corrected chi connectivity index (χ0v) is 13.0. The van der Waals surface area contributed by atoms with Crippen LogP contribution >= 0.6 is 0 Å². The number of nitrogens with zero attached hydrogens (tertiary/aromatic N) is 3. The largest absolute Gasteiger partial charge is 0.396 e. The van der Waals surface area contributed by atoms with E-state index < -0.39 is 0 Å². The fourth-order valence-corrected chi connectivity index (χ4v) is 3.08. The first-order valence-electron chi connectivity index (χ1n) is 7.87. The number of likely N-dealkylation sites (tertiary alicyclic amines) is 1. The Morgan fingerprint density at radius 2 is 2.13 bits per heavy atom. The zero-order chi connectivity index (χ0) is 16.1. The Balaban J connectivity index is 1.55. The fraction of sp³-hybridized carbons (Fsp3) is 0.412. The van der Waals surface area contributed by atoms with Crippen molar-refractivity contribution < 1.29 is 9.90 Å². The quantitative estimate of drug-likeness (QED) is 0.814. The first-order valence-corrected chi connectivity index (χ1v) is 7.87. The minimum atomic E-state index is -0.0481. The Kier molecular flexibility index (Phi) is 5.05. The van der Waals surface area contributed by atoms with Crippen molar-refractivity contribution in [1.82, 2.24) is 19.8 Å². The Bertz CT molecular complexity index is 615. The highest BCUT2D eigenvalue weighted by Gasteiger charge is 2.33. The third kappa shape index (κ3) is 4.18. The lowest BCUT2D eigenvalue weighted by Gasteiger charge is -2.18. The molecule has 3 rings (SSSR count). The van der Waals surface area contributed by atoms with E-state index in [1.807, 2.05) is 18.2 Å². The highest BCUT2D eigenvalue weighted by atomic mass is 16.3. The average molecular weight is 314 g/mol. The number of amides is 1. The zero-order valence-electron chi connectivity index (χ0n) is 13.0. The lowest BCUT2D eigenvalue weighted by Crippen LogP contribution is -2.42. The summed E-state index contributed by atoms with van der Waals surface area (Å²) in [5.74, 6) is 0.0264. The fourth-order valence-electron chi connectivity index (χ4n) is 3.08. The summed E-state index contributed by atoms with van der Waals surface area (Å²) in [7, 11) is 0. The highest BCUT2D eigenvalue weighted by Crippen LogP contribution is 2.19. The van der Waals surface area contributed by atoms with Gasteiger partial charge < -0.3 is 15.0 Å². The second kappa shape index (κ2) is 7.39. The van der Waals surface area contributed by atoms with Crippen LogP contribution in [0, 0.1) is 5.92 Å². The van der Waals surface area contributed by atoms with Crippen molar-refractivity contribution in [2.75, 3.05) is 19.7 Å². The number of aliphatic hydroxyl groups is 1. The van der Waals surface area contributed by atoms with Gasteiger partial charge in [0.05, 0.1) is 6.33 Å². The Morgan fingerprint density at radius 1 is 1.30 bits per heavy atom. The molecular formula is C17H22N4O2. The maximum Gasteiger partial charge on any atom is 0.240 e. The van der Waals surface area contributed by atoms with E-state index in [1.54, 1.807) is 23.3 Å². The molecule has 6 nitrogen and oxygen atoms in total. The van der Waals surface area contributed by atoms with Crippen LogP contribution in [0.15, 0.2) is 49.1 Å². The van der Waals surface area contributed by atoms with Crippen LogP contribution in [-0.2, 0) is 17.9 Å². The summed E-state index contributed by atoms with van der Waals surface area (Å²) in [6.45, 7) is 2.73. The molecule has 1 amide bonds. The molecule has 0 radical (unpaired) electrons. The summed E-state index contributed by atoms with van der Waals surface area (Å²) < 4.78 is 1.74. The van der Waals surface area contributed by atoms with Crippen LogP contribution in [0.1, 0.15) is 5.56 Å². The van der Waals surface area contributed by atoms with E-state index in [-0.39, 0.29) is 31.0 Å². The number of carbonyl (C=O) groups excluding carboxylic acids is 1. The second-order valence-corrected chi connectivity index (χ2v) is 6.03. The SMILES string of the molecule is O=C(Cn1ccnc1)N[C@@H]1CN(Cc2ccccc2)C[C@H]1CO. The molecule has 1 fully saturated rings. The van der Waals surface area contributed by atoms with Crippen molar-refractivity contribution in [2.45, 2.75) is 19.1 Å². The van der Waals surface area contributed by atoms with Crippen molar-refractivity contribution in [3.63, 3.8) is 0 Å². The van der Waals surface area contributed by atoms with Gasteiger partial charge in [-0.1, -0.05) is 30.3 Å². The predicted octanol–water partition coefficient (Wildman–Crippen LogP) is 0.492. The molecule has 0 bridgehead atoms. The molecule has 0 saturated carbocycles. The minimum absolute atomic E-state index is 0.0141. The molecule has 23 heavy (non-hydrogen) atoms. The van der Waals surface area contributed by atoms with Gasteiger partial charge in [0, 0.05) is 50.6 Å². The first-order chi connectivity index (χ1) is 11.2. The number of aliphatic hydroxyl groups excluding tert-OH is 1. The van der Waals surface area contributed by atoms with Gasteiger partial charge in [-0.05, 0) is 5.56 Å². The van der Waals surface area contributed by atoms with Crippen molar-refractivity contribution in [2.24, 2.45) is 5.92 Å². The van der Waals surface area contributed by atoms with Crippen molar-refractivity contribution in [1.29, 1.82) is 0 Å². The molecule has 0 spiro atoms. The van der Waals surface area contributed by atoms with E-state index in [9.17, 15) is 9.90 Å². The van der Waals surface area contributed by atoms with Gasteiger partial charge in [0.15, 0.2) is 0 Å². The van der Waals surface area contributed by atoms with Gasteiger partial charge in [-0.2, -0.15) is 0 Å². The number of imidazole rings is 1. The minimum Gasteiger partial charge on any atom is -0.396 e. The summed E-state index contributed by atoms with van der Waals surface area (Å²) in [4.78, 5) is 18.3. The number of nitrogens with one attached hydrogen (secondary N) is 1. The molecule has 6 heteroatoms. The molecule has 0 unspecified atom stereocenters. The highest BCUT2D eigenvalue weighted by molar-refractivity contribution is 5.76. The third-order valence-electron chi connectivity index (χ3n) is 4.23. The summed E-state index contributed by atoms with van der Waals surface area (Å²) >= 11 is 0. The van der Waals surface area contributed by atoms with E-state index in [0.717, 1.165) is 19.6 Å². The normalized spacial score (nSPS) is 21.4. The van der Waals surface area contributed by atoms with Crippen LogP contribution in [0.25, 0.3) is 0 Å². The Morgan fingerprint density at radius 3 is 2.83 bits per heavy atom. The molecule has 2 heterocycles. The molecule has 1 aliphatic rings. The van der Waals surface area contributed by atoms with E-state index in [1.165, 1.54) is 5.56 Å². The van der Waals surface area contributed by atoms with Gasteiger partial charge in [0.2, 0.25) is 5.91 Å². The van der Waals surface area contributed by atoms with Gasteiger partial charge in [0.1, 0.15) is 6.54 Å².